The Morgan fingerprint density at radius 2 is 2.08 bits per heavy atom. The van der Waals surface area contributed by atoms with Crippen molar-refractivity contribution in [3.63, 3.8) is 0 Å². The van der Waals surface area contributed by atoms with Gasteiger partial charge in [0.15, 0.2) is 11.5 Å². The average Bonchev–Trinajstić information content (AvgIpc) is 3.56. The quantitative estimate of drug-likeness (QED) is 0.548. The number of benzene rings is 1. The molecule has 8 nitrogen and oxygen atoms in total. The largest absolute Gasteiger partial charge is 0.493 e. The normalized spacial score (nSPS) is 35.3. The fraction of sp³-hybridized carbons (Fsp3) is 0.613. The van der Waals surface area contributed by atoms with E-state index in [2.05, 4.69) is 28.1 Å². The summed E-state index contributed by atoms with van der Waals surface area (Å²) in [7, 11) is 7.33. The van der Waals surface area contributed by atoms with Crippen LogP contribution >= 0.6 is 0 Å². The van der Waals surface area contributed by atoms with Crippen molar-refractivity contribution in [2.45, 2.75) is 68.2 Å². The Labute approximate surface area is 229 Å². The Hall–Kier alpha value is -2.84. The van der Waals surface area contributed by atoms with Crippen LogP contribution in [0.1, 0.15) is 49.1 Å². The van der Waals surface area contributed by atoms with Crippen molar-refractivity contribution >= 4 is 5.91 Å². The number of ether oxygens (including phenoxy) is 3. The van der Waals surface area contributed by atoms with Crippen LogP contribution in [0, 0.1) is 11.3 Å². The standard InChI is InChI=1S/C31H38N4O4/c1-33-14-12-32-24(33)18-34(2)27(36)21-16-29-9-10-31(21,38-4)28-30(29)11-13-35(17-19-5-6-19)23(29)15-20-7-8-22(37-3)26(39-28)25(20)30/h7-8,12,14,16,19,23,28H,5-6,9-11,13,15,17-18H2,1-4H3/t23-,28-,29-,30+,31-/m1/s1. The van der Waals surface area contributed by atoms with E-state index >= 15 is 0 Å². The van der Waals surface area contributed by atoms with Crippen LogP contribution in [0.5, 0.6) is 11.5 Å². The first-order chi connectivity index (χ1) is 18.9. The van der Waals surface area contributed by atoms with Crippen LogP contribution in [0.3, 0.4) is 0 Å². The number of aromatic nitrogens is 2. The van der Waals surface area contributed by atoms with Crippen molar-refractivity contribution in [1.29, 1.82) is 0 Å². The summed E-state index contributed by atoms with van der Waals surface area (Å²) in [5, 5.41) is 0. The third kappa shape index (κ3) is 2.82. The first-order valence-corrected chi connectivity index (χ1v) is 14.5. The highest BCUT2D eigenvalue weighted by Crippen LogP contribution is 2.75. The third-order valence-corrected chi connectivity index (χ3v) is 11.3. The van der Waals surface area contributed by atoms with Gasteiger partial charge in [0.1, 0.15) is 17.5 Å². The number of methoxy groups -OCH3 is 2. The maximum atomic E-state index is 14.4. The molecule has 0 radical (unpaired) electrons. The van der Waals surface area contributed by atoms with Gasteiger partial charge in [-0.1, -0.05) is 12.1 Å². The monoisotopic (exact) mass is 530 g/mol. The van der Waals surface area contributed by atoms with Crippen LogP contribution in [0.4, 0.5) is 0 Å². The number of amides is 1. The molecule has 2 aliphatic heterocycles. The van der Waals surface area contributed by atoms with Gasteiger partial charge in [0.2, 0.25) is 0 Å². The molecular formula is C31H38N4O4. The number of hydrogen-bond donors (Lipinski definition) is 0. The van der Waals surface area contributed by atoms with E-state index in [-0.39, 0.29) is 22.8 Å². The van der Waals surface area contributed by atoms with E-state index in [1.54, 1.807) is 25.3 Å². The summed E-state index contributed by atoms with van der Waals surface area (Å²) in [5.41, 5.74) is 2.28. The summed E-state index contributed by atoms with van der Waals surface area (Å²) in [6.45, 7) is 2.67. The number of aryl methyl sites for hydroxylation is 1. The lowest BCUT2D eigenvalue weighted by atomic mass is 9.37. The molecule has 0 unspecified atom stereocenters. The highest BCUT2D eigenvalue weighted by atomic mass is 16.6. The maximum absolute atomic E-state index is 14.4. The molecule has 39 heavy (non-hydrogen) atoms. The lowest BCUT2D eigenvalue weighted by Crippen LogP contribution is -2.78. The molecule has 1 aromatic carbocycles. The minimum Gasteiger partial charge on any atom is -0.493 e. The van der Waals surface area contributed by atoms with Gasteiger partial charge in [-0.05, 0) is 62.6 Å². The number of fused-ring (bicyclic) bond motifs is 1. The van der Waals surface area contributed by atoms with Crippen LogP contribution < -0.4 is 9.47 Å². The number of carbonyl (C=O) groups excluding carboxylic acids is 1. The summed E-state index contributed by atoms with van der Waals surface area (Å²) in [5.74, 6) is 3.36. The second kappa shape index (κ2) is 7.88. The smallest absolute Gasteiger partial charge is 0.252 e. The van der Waals surface area contributed by atoms with E-state index < -0.39 is 5.60 Å². The maximum Gasteiger partial charge on any atom is 0.252 e. The minimum absolute atomic E-state index is 0.0120. The van der Waals surface area contributed by atoms with E-state index in [9.17, 15) is 4.79 Å². The van der Waals surface area contributed by atoms with Crippen LogP contribution in [0.15, 0.2) is 36.2 Å². The molecular weight excluding hydrogens is 492 g/mol. The topological polar surface area (TPSA) is 69.1 Å². The number of nitrogens with zero attached hydrogens (tertiary/aromatic N) is 4. The van der Waals surface area contributed by atoms with Gasteiger partial charge in [0.25, 0.3) is 5.91 Å². The van der Waals surface area contributed by atoms with Crippen molar-refractivity contribution in [2.24, 2.45) is 18.4 Å². The highest BCUT2D eigenvalue weighted by molar-refractivity contribution is 5.97. The van der Waals surface area contributed by atoms with Gasteiger partial charge < -0.3 is 23.7 Å². The van der Waals surface area contributed by atoms with Crippen molar-refractivity contribution in [2.75, 3.05) is 34.4 Å². The minimum atomic E-state index is -0.809. The Morgan fingerprint density at radius 1 is 1.23 bits per heavy atom. The Morgan fingerprint density at radius 3 is 2.79 bits per heavy atom. The number of hydrogen-bond acceptors (Lipinski definition) is 6. The predicted molar refractivity (Wildman–Crippen MR) is 145 cm³/mol. The number of rotatable bonds is 7. The van der Waals surface area contributed by atoms with Crippen LogP contribution in [-0.2, 0) is 35.0 Å². The average molecular weight is 531 g/mol. The Bertz CT molecular complexity index is 1410. The molecule has 1 aromatic heterocycles. The SMILES string of the molecule is COc1ccc2c3c1O[C@@H]1[C@]34CCN(CC3CC3)[C@H](C2)[C@@]42C=C(C(=O)N(C)Cc3nccn3C)[C@]1(OC)CC2. The predicted octanol–water partition coefficient (Wildman–Crippen LogP) is 3.23. The highest BCUT2D eigenvalue weighted by Gasteiger charge is 2.79. The molecule has 2 saturated carbocycles. The van der Waals surface area contributed by atoms with Crippen molar-refractivity contribution in [3.8, 4) is 11.5 Å². The number of likely N-dealkylation sites (N-methyl/N-ethyl adjacent to an activating group) is 1. The van der Waals surface area contributed by atoms with Crippen LogP contribution in [-0.4, -0.2) is 77.4 Å². The van der Waals surface area contributed by atoms with Gasteiger partial charge in [0, 0.05) is 62.7 Å². The molecule has 5 aliphatic carbocycles. The molecule has 0 N–H and O–H groups in total. The molecule has 9 rings (SSSR count). The summed E-state index contributed by atoms with van der Waals surface area (Å²) < 4.78 is 21.4. The van der Waals surface area contributed by atoms with E-state index in [1.807, 2.05) is 24.9 Å². The summed E-state index contributed by atoms with van der Waals surface area (Å²) in [6.07, 6.45) is 12.3. The zero-order valence-electron chi connectivity index (χ0n) is 23.4. The van der Waals surface area contributed by atoms with E-state index in [0.717, 1.165) is 67.6 Å². The third-order valence-electron chi connectivity index (χ3n) is 11.3. The van der Waals surface area contributed by atoms with Gasteiger partial charge in [-0.15, -0.1) is 0 Å². The molecule has 2 spiro atoms. The molecule has 5 atom stereocenters. The first kappa shape index (κ1) is 24.0. The fourth-order valence-electron chi connectivity index (χ4n) is 9.28. The Balaban J connectivity index is 1.31. The molecule has 7 aliphatic rings. The number of likely N-dealkylation sites (tertiary alicyclic amines) is 1. The zero-order chi connectivity index (χ0) is 26.7. The van der Waals surface area contributed by atoms with Gasteiger partial charge in [-0.2, -0.15) is 0 Å². The zero-order valence-corrected chi connectivity index (χ0v) is 23.4. The number of piperidine rings is 1. The molecule has 1 saturated heterocycles. The van der Waals surface area contributed by atoms with E-state index in [1.165, 1.54) is 24.0 Å². The van der Waals surface area contributed by atoms with E-state index in [4.69, 9.17) is 14.2 Å². The van der Waals surface area contributed by atoms with Gasteiger partial charge >= 0.3 is 0 Å². The lowest BCUT2D eigenvalue weighted by molar-refractivity contribution is -0.198. The first-order valence-electron chi connectivity index (χ1n) is 14.5. The van der Waals surface area contributed by atoms with Crippen molar-refractivity contribution in [1.82, 2.24) is 19.4 Å². The summed E-state index contributed by atoms with van der Waals surface area (Å²) in [6, 6.07) is 4.69. The number of carbonyl (C=O) groups is 1. The molecule has 206 valence electrons. The van der Waals surface area contributed by atoms with Crippen LogP contribution in [0.2, 0.25) is 0 Å². The van der Waals surface area contributed by atoms with Crippen molar-refractivity contribution in [3.05, 3.63) is 53.1 Å². The Kier molecular flexibility index (Phi) is 4.85. The van der Waals surface area contributed by atoms with Crippen LogP contribution in [0.25, 0.3) is 0 Å². The number of imidazole rings is 1. The lowest BCUT2D eigenvalue weighted by Gasteiger charge is -2.70. The van der Waals surface area contributed by atoms with Gasteiger partial charge in [-0.25, -0.2) is 4.98 Å². The van der Waals surface area contributed by atoms with E-state index in [0.29, 0.717) is 12.6 Å². The van der Waals surface area contributed by atoms with Crippen molar-refractivity contribution < 1.29 is 19.0 Å². The molecule has 3 heterocycles. The summed E-state index contributed by atoms with van der Waals surface area (Å²) in [4.78, 5) is 23.4. The fourth-order valence-corrected chi connectivity index (χ4v) is 9.28. The van der Waals surface area contributed by atoms with Gasteiger partial charge in [-0.3, -0.25) is 9.69 Å². The molecule has 3 fully saturated rings. The second-order valence-corrected chi connectivity index (χ2v) is 12.8. The molecule has 8 heteroatoms. The van der Waals surface area contributed by atoms with Gasteiger partial charge in [0.05, 0.1) is 19.1 Å². The second-order valence-electron chi connectivity index (χ2n) is 12.8. The molecule has 4 bridgehead atoms. The molecule has 2 aromatic rings. The summed E-state index contributed by atoms with van der Waals surface area (Å²) >= 11 is 0. The molecule has 1 amide bonds.